The average Bonchev–Trinajstić information content (AvgIpc) is 2.57. The van der Waals surface area contributed by atoms with Crippen molar-refractivity contribution in [1.82, 2.24) is 14.5 Å². The van der Waals surface area contributed by atoms with E-state index in [-0.39, 0.29) is 24.9 Å². The van der Waals surface area contributed by atoms with Gasteiger partial charge in [-0.05, 0) is 30.5 Å². The van der Waals surface area contributed by atoms with Crippen LogP contribution < -0.4 is 5.32 Å². The van der Waals surface area contributed by atoms with Gasteiger partial charge in [0.2, 0.25) is 21.8 Å². The molecule has 1 aromatic carbocycles. The number of nitrogens with one attached hydrogen (secondary N) is 1. The standard InChI is InChI=1S/C18H28FN3O4S/c1-13(2)10-20-18(24)14(3)22(11-15-6-8-16(19)9-7-15)17(23)12-21(4)27(5,25)26/h6-9,13-14H,10-12H2,1-5H3,(H,20,24)/t14-/m0/s1. The van der Waals surface area contributed by atoms with Crippen LogP contribution >= 0.6 is 0 Å². The molecule has 0 aliphatic heterocycles. The van der Waals surface area contributed by atoms with E-state index in [1.807, 2.05) is 13.8 Å². The number of benzene rings is 1. The first-order chi connectivity index (χ1) is 12.4. The van der Waals surface area contributed by atoms with Gasteiger partial charge in [-0.25, -0.2) is 12.8 Å². The number of carbonyl (C=O) groups excluding carboxylic acids is 2. The lowest BCUT2D eigenvalue weighted by molar-refractivity contribution is -0.140. The van der Waals surface area contributed by atoms with Gasteiger partial charge < -0.3 is 10.2 Å². The molecule has 0 aromatic heterocycles. The van der Waals surface area contributed by atoms with E-state index in [1.165, 1.54) is 36.2 Å². The minimum atomic E-state index is -3.54. The summed E-state index contributed by atoms with van der Waals surface area (Å²) < 4.78 is 37.3. The smallest absolute Gasteiger partial charge is 0.242 e. The Morgan fingerprint density at radius 1 is 1.15 bits per heavy atom. The lowest BCUT2D eigenvalue weighted by Crippen LogP contribution is -2.51. The van der Waals surface area contributed by atoms with E-state index in [0.717, 1.165) is 10.6 Å². The van der Waals surface area contributed by atoms with Crippen molar-refractivity contribution in [3.8, 4) is 0 Å². The summed E-state index contributed by atoms with van der Waals surface area (Å²) in [6, 6.07) is 4.77. The van der Waals surface area contributed by atoms with Crippen molar-refractivity contribution in [3.63, 3.8) is 0 Å². The Morgan fingerprint density at radius 3 is 2.19 bits per heavy atom. The number of nitrogens with zero attached hydrogens (tertiary/aromatic N) is 2. The Hall–Kier alpha value is -2.00. The van der Waals surface area contributed by atoms with Crippen LogP contribution in [0, 0.1) is 11.7 Å². The molecule has 0 unspecified atom stereocenters. The van der Waals surface area contributed by atoms with Gasteiger partial charge in [-0.1, -0.05) is 26.0 Å². The molecule has 0 heterocycles. The lowest BCUT2D eigenvalue weighted by atomic mass is 10.1. The molecular weight excluding hydrogens is 373 g/mol. The molecule has 7 nitrogen and oxygen atoms in total. The third-order valence-electron chi connectivity index (χ3n) is 4.04. The predicted octanol–water partition coefficient (Wildman–Crippen LogP) is 1.21. The molecule has 1 atom stereocenters. The number of halogens is 1. The summed E-state index contributed by atoms with van der Waals surface area (Å²) in [7, 11) is -2.24. The van der Waals surface area contributed by atoms with Crippen molar-refractivity contribution in [1.29, 1.82) is 0 Å². The van der Waals surface area contributed by atoms with Gasteiger partial charge in [-0.3, -0.25) is 9.59 Å². The summed E-state index contributed by atoms with van der Waals surface area (Å²) in [6.07, 6.45) is 1.00. The summed E-state index contributed by atoms with van der Waals surface area (Å²) in [4.78, 5) is 26.4. The molecule has 0 aliphatic rings. The Kier molecular flexibility index (Phi) is 8.36. The molecule has 0 saturated heterocycles. The Bertz CT molecular complexity index is 750. The molecule has 152 valence electrons. The second-order valence-electron chi connectivity index (χ2n) is 6.98. The average molecular weight is 402 g/mol. The first-order valence-corrected chi connectivity index (χ1v) is 10.5. The van der Waals surface area contributed by atoms with Gasteiger partial charge in [-0.15, -0.1) is 0 Å². The zero-order chi connectivity index (χ0) is 20.8. The second kappa shape index (κ2) is 9.80. The number of hydrogen-bond donors (Lipinski definition) is 1. The van der Waals surface area contributed by atoms with E-state index in [9.17, 15) is 22.4 Å². The van der Waals surface area contributed by atoms with Crippen LogP contribution in [-0.2, 0) is 26.2 Å². The first kappa shape index (κ1) is 23.0. The number of hydrogen-bond acceptors (Lipinski definition) is 4. The number of sulfonamides is 1. The highest BCUT2D eigenvalue weighted by Crippen LogP contribution is 2.12. The van der Waals surface area contributed by atoms with Crippen LogP contribution in [0.1, 0.15) is 26.3 Å². The third kappa shape index (κ3) is 7.64. The first-order valence-electron chi connectivity index (χ1n) is 8.64. The number of likely N-dealkylation sites (N-methyl/N-ethyl adjacent to an activating group) is 1. The maximum absolute atomic E-state index is 13.1. The van der Waals surface area contributed by atoms with Crippen molar-refractivity contribution in [2.75, 3.05) is 26.4 Å². The van der Waals surface area contributed by atoms with Gasteiger partial charge in [0, 0.05) is 20.1 Å². The number of amides is 2. The number of rotatable bonds is 9. The highest BCUT2D eigenvalue weighted by Gasteiger charge is 2.28. The maximum Gasteiger partial charge on any atom is 0.242 e. The molecule has 2 amide bonds. The predicted molar refractivity (Wildman–Crippen MR) is 102 cm³/mol. The zero-order valence-electron chi connectivity index (χ0n) is 16.4. The minimum Gasteiger partial charge on any atom is -0.354 e. The van der Waals surface area contributed by atoms with E-state index >= 15 is 0 Å². The monoisotopic (exact) mass is 401 g/mol. The van der Waals surface area contributed by atoms with Gasteiger partial charge in [0.05, 0.1) is 12.8 Å². The molecule has 0 bridgehead atoms. The molecule has 1 aromatic rings. The summed E-state index contributed by atoms with van der Waals surface area (Å²) in [5.41, 5.74) is 0.635. The van der Waals surface area contributed by atoms with Crippen LogP contribution in [0.2, 0.25) is 0 Å². The molecule has 0 spiro atoms. The molecule has 0 radical (unpaired) electrons. The van der Waals surface area contributed by atoms with Crippen molar-refractivity contribution in [2.45, 2.75) is 33.4 Å². The van der Waals surface area contributed by atoms with Crippen LogP contribution in [0.15, 0.2) is 24.3 Å². The zero-order valence-corrected chi connectivity index (χ0v) is 17.2. The van der Waals surface area contributed by atoms with Crippen molar-refractivity contribution in [3.05, 3.63) is 35.6 Å². The van der Waals surface area contributed by atoms with E-state index < -0.39 is 27.8 Å². The molecule has 0 fully saturated rings. The SMILES string of the molecule is CC(C)CNC(=O)[C@H](C)N(Cc1ccc(F)cc1)C(=O)CN(C)S(C)(=O)=O. The Morgan fingerprint density at radius 2 is 1.70 bits per heavy atom. The highest BCUT2D eigenvalue weighted by molar-refractivity contribution is 7.88. The van der Waals surface area contributed by atoms with Crippen LogP contribution in [0.5, 0.6) is 0 Å². The summed E-state index contributed by atoms with van der Waals surface area (Å²) in [5, 5.41) is 2.77. The van der Waals surface area contributed by atoms with Gasteiger partial charge in [0.15, 0.2) is 0 Å². The van der Waals surface area contributed by atoms with Crippen LogP contribution in [0.4, 0.5) is 4.39 Å². The van der Waals surface area contributed by atoms with Crippen LogP contribution in [0.3, 0.4) is 0 Å². The van der Waals surface area contributed by atoms with Gasteiger partial charge in [0.1, 0.15) is 11.9 Å². The van der Waals surface area contributed by atoms with E-state index in [0.29, 0.717) is 12.1 Å². The quantitative estimate of drug-likeness (QED) is 0.674. The van der Waals surface area contributed by atoms with E-state index in [2.05, 4.69) is 5.32 Å². The van der Waals surface area contributed by atoms with Gasteiger partial charge in [-0.2, -0.15) is 4.31 Å². The fraction of sp³-hybridized carbons (Fsp3) is 0.556. The minimum absolute atomic E-state index is 0.0625. The topological polar surface area (TPSA) is 86.8 Å². The van der Waals surface area contributed by atoms with Crippen molar-refractivity contribution < 1.29 is 22.4 Å². The van der Waals surface area contributed by atoms with Gasteiger partial charge >= 0.3 is 0 Å². The molecule has 1 rings (SSSR count). The second-order valence-corrected chi connectivity index (χ2v) is 9.07. The van der Waals surface area contributed by atoms with Crippen LogP contribution in [-0.4, -0.2) is 61.9 Å². The molecule has 9 heteroatoms. The van der Waals surface area contributed by atoms with E-state index in [4.69, 9.17) is 0 Å². The Balaban J connectivity index is 3.01. The lowest BCUT2D eigenvalue weighted by Gasteiger charge is -2.30. The normalized spacial score (nSPS) is 12.9. The molecular formula is C18H28FN3O4S. The largest absolute Gasteiger partial charge is 0.354 e. The van der Waals surface area contributed by atoms with Crippen LogP contribution in [0.25, 0.3) is 0 Å². The summed E-state index contributed by atoms with van der Waals surface area (Å²) in [5.74, 6) is -1.00. The fourth-order valence-corrected chi connectivity index (χ4v) is 2.57. The fourth-order valence-electron chi connectivity index (χ4n) is 2.22. The van der Waals surface area contributed by atoms with Crippen molar-refractivity contribution in [2.24, 2.45) is 5.92 Å². The van der Waals surface area contributed by atoms with Crippen molar-refractivity contribution >= 4 is 21.8 Å². The molecule has 0 saturated carbocycles. The summed E-state index contributed by atoms with van der Waals surface area (Å²) in [6.45, 7) is 5.62. The highest BCUT2D eigenvalue weighted by atomic mass is 32.2. The third-order valence-corrected chi connectivity index (χ3v) is 5.30. The Labute approximate surface area is 160 Å². The van der Waals surface area contributed by atoms with E-state index in [1.54, 1.807) is 6.92 Å². The number of carbonyl (C=O) groups is 2. The summed E-state index contributed by atoms with van der Waals surface area (Å²) >= 11 is 0. The molecule has 27 heavy (non-hydrogen) atoms. The molecule has 1 N–H and O–H groups in total. The van der Waals surface area contributed by atoms with Gasteiger partial charge in [0.25, 0.3) is 0 Å². The molecule has 0 aliphatic carbocycles. The maximum atomic E-state index is 13.1.